The Balaban J connectivity index is 1.65. The summed E-state index contributed by atoms with van der Waals surface area (Å²) in [5.41, 5.74) is 1.26. The van der Waals surface area contributed by atoms with E-state index in [4.69, 9.17) is 4.42 Å². The van der Waals surface area contributed by atoms with Crippen LogP contribution in [-0.4, -0.2) is 28.7 Å². The van der Waals surface area contributed by atoms with Crippen LogP contribution in [0.5, 0.6) is 0 Å². The summed E-state index contributed by atoms with van der Waals surface area (Å²) < 4.78 is 5.27. The van der Waals surface area contributed by atoms with Crippen molar-refractivity contribution in [1.29, 1.82) is 0 Å². The fraction of sp³-hybridized carbons (Fsp3) is 0.278. The minimum absolute atomic E-state index is 0.0578. The van der Waals surface area contributed by atoms with Gasteiger partial charge in [0, 0.05) is 24.7 Å². The third kappa shape index (κ3) is 4.06. The number of nitrogens with zero attached hydrogens (tertiary/aromatic N) is 1. The number of nitrogens with one attached hydrogen (secondary N) is 2. The number of carbonyl (C=O) groups is 3. The van der Waals surface area contributed by atoms with Gasteiger partial charge in [0.1, 0.15) is 11.8 Å². The van der Waals surface area contributed by atoms with E-state index in [2.05, 4.69) is 10.6 Å². The molecule has 2 heterocycles. The minimum Gasteiger partial charge on any atom is -0.467 e. The molecule has 1 atom stereocenters. The Kier molecular flexibility index (Phi) is 4.83. The topological polar surface area (TPSA) is 91.7 Å². The maximum Gasteiger partial charge on any atom is 0.247 e. The summed E-state index contributed by atoms with van der Waals surface area (Å²) in [5, 5.41) is 5.48. The fourth-order valence-electron chi connectivity index (χ4n) is 2.84. The second-order valence-electron chi connectivity index (χ2n) is 5.90. The fourth-order valence-corrected chi connectivity index (χ4v) is 2.84. The van der Waals surface area contributed by atoms with Gasteiger partial charge in [-0.1, -0.05) is 0 Å². The van der Waals surface area contributed by atoms with Gasteiger partial charge < -0.3 is 20.0 Å². The molecular formula is C18H19N3O4. The average molecular weight is 341 g/mol. The van der Waals surface area contributed by atoms with Gasteiger partial charge in [-0.05, 0) is 42.8 Å². The Morgan fingerprint density at radius 1 is 1.16 bits per heavy atom. The van der Waals surface area contributed by atoms with Crippen LogP contribution in [0, 0.1) is 0 Å². The van der Waals surface area contributed by atoms with E-state index in [0.717, 1.165) is 0 Å². The number of furan rings is 1. The third-order valence-corrected chi connectivity index (χ3v) is 4.01. The molecule has 1 aliphatic heterocycles. The smallest absolute Gasteiger partial charge is 0.247 e. The number of rotatable bonds is 5. The summed E-state index contributed by atoms with van der Waals surface area (Å²) in [6, 6.07) is 9.83. The van der Waals surface area contributed by atoms with Gasteiger partial charge in [0.05, 0.1) is 12.8 Å². The highest BCUT2D eigenvalue weighted by molar-refractivity contribution is 5.99. The van der Waals surface area contributed by atoms with Crippen LogP contribution in [0.25, 0.3) is 0 Å². The molecule has 1 saturated heterocycles. The lowest BCUT2D eigenvalue weighted by Gasteiger charge is -2.23. The van der Waals surface area contributed by atoms with E-state index in [1.54, 1.807) is 47.6 Å². The summed E-state index contributed by atoms with van der Waals surface area (Å²) in [4.78, 5) is 37.2. The Labute approximate surface area is 145 Å². The lowest BCUT2D eigenvalue weighted by Crippen LogP contribution is -2.41. The SMILES string of the molecule is CC(=O)Nc1ccc(NC(=O)[C@@H]2CCC(=O)N2Cc2ccco2)cc1. The molecule has 7 heteroatoms. The summed E-state index contributed by atoms with van der Waals surface area (Å²) >= 11 is 0. The molecule has 1 aromatic heterocycles. The van der Waals surface area contributed by atoms with Crippen LogP contribution in [0.2, 0.25) is 0 Å². The zero-order chi connectivity index (χ0) is 17.8. The average Bonchev–Trinajstić information content (AvgIpc) is 3.20. The van der Waals surface area contributed by atoms with Gasteiger partial charge in [-0.3, -0.25) is 14.4 Å². The van der Waals surface area contributed by atoms with Gasteiger partial charge in [-0.2, -0.15) is 0 Å². The lowest BCUT2D eigenvalue weighted by atomic mass is 10.2. The van der Waals surface area contributed by atoms with Crippen molar-refractivity contribution in [3.05, 3.63) is 48.4 Å². The molecule has 0 radical (unpaired) electrons. The van der Waals surface area contributed by atoms with Crippen molar-refractivity contribution in [2.45, 2.75) is 32.4 Å². The van der Waals surface area contributed by atoms with E-state index in [1.165, 1.54) is 6.92 Å². The van der Waals surface area contributed by atoms with Crippen LogP contribution in [0.3, 0.4) is 0 Å². The first-order valence-electron chi connectivity index (χ1n) is 8.03. The van der Waals surface area contributed by atoms with E-state index in [-0.39, 0.29) is 24.3 Å². The summed E-state index contributed by atoms with van der Waals surface area (Å²) in [6.07, 6.45) is 2.37. The normalized spacial score (nSPS) is 16.8. The molecule has 0 saturated carbocycles. The predicted octanol–water partition coefficient (Wildman–Crippen LogP) is 2.37. The standard InChI is InChI=1S/C18H19N3O4/c1-12(22)19-13-4-6-14(7-5-13)20-18(24)16-8-9-17(23)21(16)11-15-3-2-10-25-15/h2-7,10,16H,8-9,11H2,1H3,(H,19,22)(H,20,24)/t16-/m0/s1. The molecule has 0 aliphatic carbocycles. The van der Waals surface area contributed by atoms with Crippen LogP contribution in [0.1, 0.15) is 25.5 Å². The second kappa shape index (κ2) is 7.21. The van der Waals surface area contributed by atoms with Crippen LogP contribution >= 0.6 is 0 Å². The second-order valence-corrected chi connectivity index (χ2v) is 5.90. The van der Waals surface area contributed by atoms with E-state index >= 15 is 0 Å². The van der Waals surface area contributed by atoms with Gasteiger partial charge in [-0.15, -0.1) is 0 Å². The van der Waals surface area contributed by atoms with E-state index < -0.39 is 6.04 Å². The molecule has 2 N–H and O–H groups in total. The number of hydrogen-bond acceptors (Lipinski definition) is 4. The van der Waals surface area contributed by atoms with Crippen LogP contribution in [-0.2, 0) is 20.9 Å². The van der Waals surface area contributed by atoms with Gasteiger partial charge in [0.2, 0.25) is 17.7 Å². The number of anilines is 2. The van der Waals surface area contributed by atoms with Crippen LogP contribution < -0.4 is 10.6 Å². The summed E-state index contributed by atoms with van der Waals surface area (Å²) in [6.45, 7) is 1.71. The maximum absolute atomic E-state index is 12.6. The number of hydrogen-bond donors (Lipinski definition) is 2. The van der Waals surface area contributed by atoms with Crippen molar-refractivity contribution in [3.63, 3.8) is 0 Å². The van der Waals surface area contributed by atoms with Crippen molar-refractivity contribution < 1.29 is 18.8 Å². The summed E-state index contributed by atoms with van der Waals surface area (Å²) in [5.74, 6) is 0.199. The summed E-state index contributed by atoms with van der Waals surface area (Å²) in [7, 11) is 0. The molecule has 1 aromatic carbocycles. The van der Waals surface area contributed by atoms with Crippen molar-refractivity contribution >= 4 is 29.1 Å². The molecule has 0 unspecified atom stereocenters. The molecule has 2 aromatic rings. The zero-order valence-electron chi connectivity index (χ0n) is 13.8. The van der Waals surface area contributed by atoms with Gasteiger partial charge in [0.25, 0.3) is 0 Å². The molecule has 1 fully saturated rings. The highest BCUT2D eigenvalue weighted by Crippen LogP contribution is 2.23. The van der Waals surface area contributed by atoms with E-state index in [0.29, 0.717) is 30.0 Å². The molecule has 1 aliphatic rings. The van der Waals surface area contributed by atoms with E-state index in [9.17, 15) is 14.4 Å². The Bertz CT molecular complexity index is 768. The van der Waals surface area contributed by atoms with Crippen molar-refractivity contribution in [2.75, 3.05) is 10.6 Å². The highest BCUT2D eigenvalue weighted by Gasteiger charge is 2.36. The zero-order valence-corrected chi connectivity index (χ0v) is 13.8. The van der Waals surface area contributed by atoms with Gasteiger partial charge in [-0.25, -0.2) is 0 Å². The van der Waals surface area contributed by atoms with Crippen molar-refractivity contribution in [2.24, 2.45) is 0 Å². The monoisotopic (exact) mass is 341 g/mol. The minimum atomic E-state index is -0.521. The molecule has 3 rings (SSSR count). The van der Waals surface area contributed by atoms with Crippen LogP contribution in [0.15, 0.2) is 47.1 Å². The quantitative estimate of drug-likeness (QED) is 0.873. The van der Waals surface area contributed by atoms with Crippen molar-refractivity contribution in [1.82, 2.24) is 4.90 Å². The highest BCUT2D eigenvalue weighted by atomic mass is 16.3. The Morgan fingerprint density at radius 2 is 1.84 bits per heavy atom. The largest absolute Gasteiger partial charge is 0.467 e. The van der Waals surface area contributed by atoms with Gasteiger partial charge >= 0.3 is 0 Å². The maximum atomic E-state index is 12.6. The first-order chi connectivity index (χ1) is 12.0. The molecule has 7 nitrogen and oxygen atoms in total. The van der Waals surface area contributed by atoms with Gasteiger partial charge in [0.15, 0.2) is 0 Å². The molecule has 3 amide bonds. The van der Waals surface area contributed by atoms with Crippen LogP contribution in [0.4, 0.5) is 11.4 Å². The van der Waals surface area contributed by atoms with Crippen molar-refractivity contribution in [3.8, 4) is 0 Å². The number of amides is 3. The third-order valence-electron chi connectivity index (χ3n) is 4.01. The number of likely N-dealkylation sites (tertiary alicyclic amines) is 1. The molecule has 25 heavy (non-hydrogen) atoms. The Morgan fingerprint density at radius 3 is 2.44 bits per heavy atom. The molecule has 0 bridgehead atoms. The predicted molar refractivity (Wildman–Crippen MR) is 91.7 cm³/mol. The lowest BCUT2D eigenvalue weighted by molar-refractivity contribution is -0.134. The number of benzene rings is 1. The molecule has 130 valence electrons. The molecule has 0 spiro atoms. The Hall–Kier alpha value is -3.09. The first kappa shape index (κ1) is 16.8. The van der Waals surface area contributed by atoms with E-state index in [1.807, 2.05) is 0 Å². The first-order valence-corrected chi connectivity index (χ1v) is 8.03. The molecular weight excluding hydrogens is 322 g/mol. The number of carbonyl (C=O) groups excluding carboxylic acids is 3.